The van der Waals surface area contributed by atoms with Crippen LogP contribution in [0.1, 0.15) is 11.4 Å². The largest absolute Gasteiger partial charge is 0.281 e. The summed E-state index contributed by atoms with van der Waals surface area (Å²) < 4.78 is 4.45. The smallest absolute Gasteiger partial charge is 0.235 e. The van der Waals surface area contributed by atoms with E-state index in [4.69, 9.17) is 0 Å². The summed E-state index contributed by atoms with van der Waals surface area (Å²) >= 11 is 4.97. The fraction of sp³-hybridized carbons (Fsp3) is 0.250. The molecule has 0 saturated carbocycles. The number of hydrogen-bond donors (Lipinski definition) is 1. The van der Waals surface area contributed by atoms with E-state index in [1.54, 1.807) is 15.4 Å². The van der Waals surface area contributed by atoms with Crippen molar-refractivity contribution in [3.05, 3.63) is 22.1 Å². The Balaban J connectivity index is 1.90. The van der Waals surface area contributed by atoms with Crippen LogP contribution in [0.3, 0.4) is 0 Å². The molecule has 8 nitrogen and oxygen atoms in total. The van der Waals surface area contributed by atoms with E-state index < -0.39 is 0 Å². The van der Waals surface area contributed by atoms with E-state index in [-0.39, 0.29) is 0 Å². The van der Waals surface area contributed by atoms with Crippen LogP contribution in [0.15, 0.2) is 10.7 Å². The van der Waals surface area contributed by atoms with Gasteiger partial charge in [0.2, 0.25) is 4.96 Å². The molecule has 0 bridgehead atoms. The summed E-state index contributed by atoms with van der Waals surface area (Å²) in [6.07, 6.45) is 1.78. The van der Waals surface area contributed by atoms with Gasteiger partial charge in [-0.3, -0.25) is 9.78 Å². The molecule has 0 aliphatic rings. The van der Waals surface area contributed by atoms with Gasteiger partial charge in [0.15, 0.2) is 10.8 Å². The van der Waals surface area contributed by atoms with Gasteiger partial charge in [-0.05, 0) is 29.8 Å². The molecule has 0 saturated heterocycles. The first kappa shape index (κ1) is 13.6. The maximum absolute atomic E-state index is 4.60. The predicted molar refractivity (Wildman–Crippen MR) is 85.6 cm³/mol. The summed E-state index contributed by atoms with van der Waals surface area (Å²) in [6.45, 7) is 3.94. The zero-order valence-electron chi connectivity index (χ0n) is 12.0. The minimum Gasteiger partial charge on any atom is -0.281 e. The molecule has 0 aliphatic heterocycles. The fourth-order valence-corrected chi connectivity index (χ4v) is 3.49. The standard InChI is InChI=1S/C12H11BrN8S/c1-5-8(13)9(16-15-5)11-19-21-10(17-18-12(21)22-11)7-4-14-20(3)6(7)2/h4H,1-3H3,(H,15,16). The molecule has 0 aromatic carbocycles. The van der Waals surface area contributed by atoms with E-state index in [0.717, 1.165) is 37.1 Å². The van der Waals surface area contributed by atoms with Gasteiger partial charge in [-0.1, -0.05) is 11.3 Å². The van der Waals surface area contributed by atoms with Crippen LogP contribution in [0, 0.1) is 13.8 Å². The van der Waals surface area contributed by atoms with Crippen molar-refractivity contribution in [3.63, 3.8) is 0 Å². The van der Waals surface area contributed by atoms with Gasteiger partial charge in [0.1, 0.15) is 5.69 Å². The second kappa shape index (κ2) is 4.71. The number of rotatable bonds is 2. The zero-order chi connectivity index (χ0) is 15.4. The maximum Gasteiger partial charge on any atom is 0.235 e. The van der Waals surface area contributed by atoms with Crippen LogP contribution in [0.4, 0.5) is 0 Å². The van der Waals surface area contributed by atoms with Gasteiger partial charge in [-0.25, -0.2) is 0 Å². The Morgan fingerprint density at radius 3 is 2.73 bits per heavy atom. The molecule has 0 amide bonds. The van der Waals surface area contributed by atoms with Crippen molar-refractivity contribution in [1.29, 1.82) is 0 Å². The van der Waals surface area contributed by atoms with Crippen LogP contribution in [0.25, 0.3) is 27.1 Å². The number of H-pyrrole nitrogens is 1. The molecule has 0 fully saturated rings. The van der Waals surface area contributed by atoms with Crippen LogP contribution >= 0.6 is 27.3 Å². The van der Waals surface area contributed by atoms with E-state index >= 15 is 0 Å². The Labute approximate surface area is 137 Å². The van der Waals surface area contributed by atoms with Crippen molar-refractivity contribution in [3.8, 4) is 22.1 Å². The molecule has 0 atom stereocenters. The minimum atomic E-state index is 0.687. The lowest BCUT2D eigenvalue weighted by Gasteiger charge is -1.96. The topological polar surface area (TPSA) is 89.6 Å². The zero-order valence-corrected chi connectivity index (χ0v) is 14.4. The number of fused-ring (bicyclic) bond motifs is 1. The monoisotopic (exact) mass is 378 g/mol. The molecule has 4 heterocycles. The summed E-state index contributed by atoms with van der Waals surface area (Å²) in [6, 6.07) is 0. The van der Waals surface area contributed by atoms with Crippen LogP contribution in [-0.2, 0) is 7.05 Å². The molecular formula is C12H11BrN8S. The Kier molecular flexibility index (Phi) is 2.91. The van der Waals surface area contributed by atoms with E-state index in [9.17, 15) is 0 Å². The molecule has 4 rings (SSSR count). The van der Waals surface area contributed by atoms with Crippen LogP contribution in [0.2, 0.25) is 0 Å². The average Bonchev–Trinajstić information content (AvgIpc) is 3.20. The van der Waals surface area contributed by atoms with E-state index in [2.05, 4.69) is 46.5 Å². The molecule has 10 heteroatoms. The second-order valence-corrected chi connectivity index (χ2v) is 6.65. The van der Waals surface area contributed by atoms with Gasteiger partial charge >= 0.3 is 0 Å². The summed E-state index contributed by atoms with van der Waals surface area (Å²) in [4.78, 5) is 0.723. The fourth-order valence-electron chi connectivity index (χ4n) is 2.16. The number of halogens is 1. The van der Waals surface area contributed by atoms with Crippen molar-refractivity contribution in [2.75, 3.05) is 0 Å². The van der Waals surface area contributed by atoms with Crippen molar-refractivity contribution in [2.45, 2.75) is 13.8 Å². The number of aromatic amines is 1. The molecule has 0 unspecified atom stereocenters. The van der Waals surface area contributed by atoms with Crippen molar-refractivity contribution < 1.29 is 0 Å². The highest BCUT2D eigenvalue weighted by Crippen LogP contribution is 2.32. The molecule has 0 aliphatic carbocycles. The van der Waals surface area contributed by atoms with Gasteiger partial charge in [0, 0.05) is 18.4 Å². The van der Waals surface area contributed by atoms with Crippen molar-refractivity contribution in [2.24, 2.45) is 7.05 Å². The highest BCUT2D eigenvalue weighted by atomic mass is 79.9. The van der Waals surface area contributed by atoms with Crippen LogP contribution in [0.5, 0.6) is 0 Å². The van der Waals surface area contributed by atoms with E-state index in [1.807, 2.05) is 20.9 Å². The van der Waals surface area contributed by atoms with Crippen molar-refractivity contribution in [1.82, 2.24) is 39.8 Å². The van der Waals surface area contributed by atoms with E-state index in [1.165, 1.54) is 11.3 Å². The molecule has 4 aromatic heterocycles. The van der Waals surface area contributed by atoms with Gasteiger partial charge in [-0.15, -0.1) is 10.2 Å². The Hall–Kier alpha value is -2.07. The van der Waals surface area contributed by atoms with Gasteiger partial charge in [-0.2, -0.15) is 19.8 Å². The lowest BCUT2D eigenvalue weighted by molar-refractivity contribution is 0.740. The summed E-state index contributed by atoms with van der Waals surface area (Å²) in [5, 5.41) is 25.3. The molecule has 0 radical (unpaired) electrons. The summed E-state index contributed by atoms with van der Waals surface area (Å²) in [5.74, 6) is 0.687. The number of hydrogen-bond acceptors (Lipinski definition) is 6. The Bertz CT molecular complexity index is 990. The SMILES string of the molecule is Cc1[nH]nc(-c2nn3c(-c4cnn(C)c4C)nnc3s2)c1Br. The molecule has 1 N–H and O–H groups in total. The highest BCUT2D eigenvalue weighted by molar-refractivity contribution is 9.10. The van der Waals surface area contributed by atoms with Crippen LogP contribution in [-0.4, -0.2) is 39.8 Å². The minimum absolute atomic E-state index is 0.687. The average molecular weight is 379 g/mol. The molecule has 22 heavy (non-hydrogen) atoms. The second-order valence-electron chi connectivity index (χ2n) is 4.90. The number of nitrogens with zero attached hydrogens (tertiary/aromatic N) is 7. The van der Waals surface area contributed by atoms with E-state index in [0.29, 0.717) is 5.82 Å². The lowest BCUT2D eigenvalue weighted by Crippen LogP contribution is -1.95. The number of aromatic nitrogens is 8. The third kappa shape index (κ3) is 1.83. The molecule has 4 aromatic rings. The lowest BCUT2D eigenvalue weighted by atomic mass is 10.2. The first-order valence-corrected chi connectivity index (χ1v) is 8.09. The van der Waals surface area contributed by atoms with Gasteiger partial charge in [0.05, 0.1) is 16.2 Å². The van der Waals surface area contributed by atoms with Gasteiger partial charge < -0.3 is 0 Å². The number of nitrogens with one attached hydrogen (secondary N) is 1. The molecule has 112 valence electrons. The Morgan fingerprint density at radius 1 is 1.27 bits per heavy atom. The predicted octanol–water partition coefficient (Wildman–Crippen LogP) is 2.36. The first-order valence-electron chi connectivity index (χ1n) is 6.48. The molecular weight excluding hydrogens is 368 g/mol. The first-order chi connectivity index (χ1) is 10.6. The third-order valence-corrected chi connectivity index (χ3v) is 5.42. The highest BCUT2D eigenvalue weighted by Gasteiger charge is 2.20. The summed E-state index contributed by atoms with van der Waals surface area (Å²) in [7, 11) is 1.90. The quantitative estimate of drug-likeness (QED) is 0.578. The van der Waals surface area contributed by atoms with Gasteiger partial charge in [0.25, 0.3) is 0 Å². The van der Waals surface area contributed by atoms with Crippen LogP contribution < -0.4 is 0 Å². The maximum atomic E-state index is 4.60. The number of aryl methyl sites for hydroxylation is 2. The Morgan fingerprint density at radius 2 is 2.09 bits per heavy atom. The van der Waals surface area contributed by atoms with Crippen molar-refractivity contribution >= 4 is 32.2 Å². The third-order valence-electron chi connectivity index (χ3n) is 3.54. The summed E-state index contributed by atoms with van der Waals surface area (Å²) in [5.41, 5.74) is 3.68. The normalized spacial score (nSPS) is 11.6. The molecule has 0 spiro atoms.